The largest absolute Gasteiger partial charge is 0.443 e. The summed E-state index contributed by atoms with van der Waals surface area (Å²) in [4.78, 5) is 12.1. The first-order valence-corrected chi connectivity index (χ1v) is 8.59. The van der Waals surface area contributed by atoms with Crippen molar-refractivity contribution in [2.75, 3.05) is 13.2 Å². The highest BCUT2D eigenvalue weighted by Gasteiger charge is 2.44. The Morgan fingerprint density at radius 2 is 1.96 bits per heavy atom. The molecule has 8 heteroatoms. The van der Waals surface area contributed by atoms with E-state index in [1.807, 2.05) is 30.3 Å². The molecule has 0 saturated carbocycles. The van der Waals surface area contributed by atoms with Gasteiger partial charge in [0, 0.05) is 0 Å². The van der Waals surface area contributed by atoms with Crippen molar-refractivity contribution in [2.24, 2.45) is 0 Å². The second-order valence-corrected chi connectivity index (χ2v) is 7.66. The molecule has 1 aliphatic rings. The summed E-state index contributed by atoms with van der Waals surface area (Å²) < 4.78 is 39.7. The van der Waals surface area contributed by atoms with Crippen LogP contribution in [-0.2, 0) is 30.6 Å². The van der Waals surface area contributed by atoms with Crippen molar-refractivity contribution in [3.63, 3.8) is 0 Å². The quantitative estimate of drug-likeness (QED) is 0.832. The third-order valence-electron chi connectivity index (χ3n) is 2.98. The second kappa shape index (κ2) is 6.86. The topological polar surface area (TPSA) is 82.1 Å². The van der Waals surface area contributed by atoms with Crippen molar-refractivity contribution in [1.29, 1.82) is 0 Å². The van der Waals surface area contributed by atoms with Gasteiger partial charge in [-0.1, -0.05) is 30.3 Å². The Kier molecular flexibility index (Phi) is 5.28. The number of carbonyl (C=O) groups is 1. The van der Waals surface area contributed by atoms with E-state index in [1.54, 1.807) is 20.8 Å². The van der Waals surface area contributed by atoms with Gasteiger partial charge in [-0.15, -0.1) is 0 Å². The minimum absolute atomic E-state index is 0.0351. The maximum Gasteiger partial charge on any atom is 0.426 e. The van der Waals surface area contributed by atoms with Crippen LogP contribution in [0, 0.1) is 0 Å². The summed E-state index contributed by atoms with van der Waals surface area (Å²) in [6.07, 6.45) is -0.955. The van der Waals surface area contributed by atoms with E-state index in [4.69, 9.17) is 13.7 Å². The van der Waals surface area contributed by atoms with Gasteiger partial charge in [-0.25, -0.2) is 4.79 Å². The van der Waals surface area contributed by atoms with E-state index in [1.165, 1.54) is 0 Å². The normalized spacial score (nSPS) is 20.5. The predicted octanol–water partition coefficient (Wildman–Crippen LogP) is 2.08. The lowest BCUT2D eigenvalue weighted by Crippen LogP contribution is -2.44. The van der Waals surface area contributed by atoms with Gasteiger partial charge in [0.15, 0.2) is 0 Å². The number of carbonyl (C=O) groups excluding carboxylic acids is 1. The summed E-state index contributed by atoms with van der Waals surface area (Å²) in [6, 6.07) is 8.72. The van der Waals surface area contributed by atoms with Gasteiger partial charge in [0.25, 0.3) is 0 Å². The zero-order valence-corrected chi connectivity index (χ0v) is 14.2. The summed E-state index contributed by atoms with van der Waals surface area (Å²) in [5.74, 6) is 0. The Bertz CT molecular complexity index is 638. The highest BCUT2D eigenvalue weighted by molar-refractivity contribution is 7.85. The summed E-state index contributed by atoms with van der Waals surface area (Å²) in [5.41, 5.74) is 0.156. The Balaban J connectivity index is 1.98. The molecule has 1 aromatic carbocycles. The van der Waals surface area contributed by atoms with Gasteiger partial charge in [-0.3, -0.25) is 4.18 Å². The van der Waals surface area contributed by atoms with Crippen LogP contribution in [0.25, 0.3) is 0 Å². The van der Waals surface area contributed by atoms with E-state index in [9.17, 15) is 13.2 Å². The highest BCUT2D eigenvalue weighted by Crippen LogP contribution is 2.23. The Morgan fingerprint density at radius 1 is 1.30 bits per heavy atom. The van der Waals surface area contributed by atoms with E-state index in [0.29, 0.717) is 10.9 Å². The zero-order valence-electron chi connectivity index (χ0n) is 13.4. The van der Waals surface area contributed by atoms with E-state index in [-0.39, 0.29) is 13.2 Å². The van der Waals surface area contributed by atoms with Crippen LogP contribution in [0.1, 0.15) is 26.3 Å². The van der Waals surface area contributed by atoms with Crippen LogP contribution in [0.2, 0.25) is 0 Å². The van der Waals surface area contributed by atoms with E-state index in [0.717, 1.165) is 5.56 Å². The number of benzene rings is 1. The number of rotatable bonds is 4. The number of amides is 1. The second-order valence-electron chi connectivity index (χ2n) is 6.17. The lowest BCUT2D eigenvalue weighted by atomic mass is 10.2. The van der Waals surface area contributed by atoms with Crippen LogP contribution < -0.4 is 0 Å². The first-order valence-electron chi connectivity index (χ1n) is 7.22. The van der Waals surface area contributed by atoms with Crippen molar-refractivity contribution in [3.05, 3.63) is 35.9 Å². The Labute approximate surface area is 136 Å². The summed E-state index contributed by atoms with van der Waals surface area (Å²) in [7, 11) is -4.12. The van der Waals surface area contributed by atoms with Gasteiger partial charge in [0.05, 0.1) is 19.8 Å². The minimum Gasteiger partial charge on any atom is -0.443 e. The fraction of sp³-hybridized carbons (Fsp3) is 0.533. The fourth-order valence-corrected chi connectivity index (χ4v) is 3.17. The number of nitrogens with zero attached hydrogens (tertiary/aromatic N) is 1. The van der Waals surface area contributed by atoms with Crippen LogP contribution in [0.15, 0.2) is 30.3 Å². The molecule has 1 aliphatic heterocycles. The molecule has 0 spiro atoms. The molecular weight excluding hydrogens is 322 g/mol. The van der Waals surface area contributed by atoms with Crippen molar-refractivity contribution < 1.29 is 26.9 Å². The zero-order chi connectivity index (χ0) is 17.1. The van der Waals surface area contributed by atoms with Crippen LogP contribution in [-0.4, -0.2) is 43.7 Å². The molecule has 128 valence electrons. The third-order valence-corrected chi connectivity index (χ3v) is 4.34. The number of hydrogen-bond acceptors (Lipinski definition) is 6. The predicted molar refractivity (Wildman–Crippen MR) is 82.8 cm³/mol. The van der Waals surface area contributed by atoms with Gasteiger partial charge in [-0.2, -0.15) is 12.7 Å². The SMILES string of the molecule is CC(C)(C)OC(=O)N1[C@H](COCc2ccccc2)COS1(=O)=O. The number of hydrogen-bond donors (Lipinski definition) is 0. The fourth-order valence-electron chi connectivity index (χ4n) is 2.02. The molecule has 1 saturated heterocycles. The maximum absolute atomic E-state index is 12.1. The molecule has 2 rings (SSSR count). The molecule has 7 nitrogen and oxygen atoms in total. The van der Waals surface area contributed by atoms with Crippen LogP contribution >= 0.6 is 0 Å². The molecule has 1 atom stereocenters. The van der Waals surface area contributed by atoms with Crippen LogP contribution in [0.4, 0.5) is 4.79 Å². The number of ether oxygens (including phenoxy) is 2. The van der Waals surface area contributed by atoms with Crippen molar-refractivity contribution in [3.8, 4) is 0 Å². The molecule has 1 heterocycles. The smallest absolute Gasteiger partial charge is 0.426 e. The van der Waals surface area contributed by atoms with E-state index in [2.05, 4.69) is 0 Å². The Hall–Kier alpha value is -1.64. The van der Waals surface area contributed by atoms with Gasteiger partial charge >= 0.3 is 16.4 Å². The minimum atomic E-state index is -4.12. The van der Waals surface area contributed by atoms with Crippen molar-refractivity contribution in [1.82, 2.24) is 4.31 Å². The first kappa shape index (κ1) is 17.7. The summed E-state index contributed by atoms with van der Waals surface area (Å²) >= 11 is 0. The summed E-state index contributed by atoms with van der Waals surface area (Å²) in [5, 5.41) is 0. The lowest BCUT2D eigenvalue weighted by molar-refractivity contribution is 0.0237. The van der Waals surface area contributed by atoms with E-state index < -0.39 is 28.0 Å². The highest BCUT2D eigenvalue weighted by atomic mass is 32.2. The third kappa shape index (κ3) is 4.92. The lowest BCUT2D eigenvalue weighted by Gasteiger charge is -2.25. The van der Waals surface area contributed by atoms with Gasteiger partial charge in [0.2, 0.25) is 0 Å². The molecular formula is C15H21NO6S. The van der Waals surface area contributed by atoms with Crippen molar-refractivity contribution in [2.45, 2.75) is 39.0 Å². The molecule has 0 aliphatic carbocycles. The molecule has 0 aromatic heterocycles. The average Bonchev–Trinajstić information content (AvgIpc) is 2.73. The molecule has 1 amide bonds. The Morgan fingerprint density at radius 3 is 2.57 bits per heavy atom. The standard InChI is InChI=1S/C15H21NO6S/c1-15(2,3)22-14(17)16-13(11-21-23(16,18)19)10-20-9-12-7-5-4-6-8-12/h4-8,13H,9-11H2,1-3H3/t13-/m1/s1. The van der Waals surface area contributed by atoms with Gasteiger partial charge < -0.3 is 9.47 Å². The molecule has 0 bridgehead atoms. The molecule has 1 fully saturated rings. The molecule has 0 N–H and O–H groups in total. The average molecular weight is 343 g/mol. The molecule has 0 unspecified atom stereocenters. The molecule has 1 aromatic rings. The summed E-state index contributed by atoms with van der Waals surface area (Å²) in [6.45, 7) is 5.20. The van der Waals surface area contributed by atoms with Crippen molar-refractivity contribution >= 4 is 16.4 Å². The maximum atomic E-state index is 12.1. The van der Waals surface area contributed by atoms with Crippen LogP contribution in [0.5, 0.6) is 0 Å². The van der Waals surface area contributed by atoms with Gasteiger partial charge in [0.1, 0.15) is 11.6 Å². The van der Waals surface area contributed by atoms with E-state index >= 15 is 0 Å². The first-order chi connectivity index (χ1) is 10.7. The molecule has 0 radical (unpaired) electrons. The molecule has 23 heavy (non-hydrogen) atoms. The van der Waals surface area contributed by atoms with Crippen LogP contribution in [0.3, 0.4) is 0 Å². The van der Waals surface area contributed by atoms with Gasteiger partial charge in [-0.05, 0) is 26.3 Å². The monoisotopic (exact) mass is 343 g/mol.